The average Bonchev–Trinajstić information content (AvgIpc) is 1.65. The normalized spacial score (nSPS) is 18.0. The van der Waals surface area contributed by atoms with Crippen LogP contribution in [0, 0.1) is 0 Å². The Balaban J connectivity index is 3.10. The maximum atomic E-state index is 8.77. The van der Waals surface area contributed by atoms with Crippen molar-refractivity contribution in [1.29, 1.82) is 0 Å². The number of rotatable bonds is 3. The van der Waals surface area contributed by atoms with Crippen molar-refractivity contribution in [3.05, 3.63) is 0 Å². The highest BCUT2D eigenvalue weighted by Gasteiger charge is 2.02. The van der Waals surface area contributed by atoms with Crippen LogP contribution in [-0.4, -0.2) is 24.4 Å². The maximum Gasteiger partial charge on any atom is 0.0567 e. The van der Waals surface area contributed by atoms with Gasteiger partial charge in [-0.15, -0.1) is 0 Å². The van der Waals surface area contributed by atoms with Crippen molar-refractivity contribution in [3.8, 4) is 0 Å². The summed E-state index contributed by atoms with van der Waals surface area (Å²) in [6, 6.07) is 0. The molecule has 2 atom stereocenters. The van der Waals surface area contributed by atoms with E-state index in [0.717, 1.165) is 6.42 Å². The summed E-state index contributed by atoms with van der Waals surface area (Å²) in [5.74, 6) is 0. The van der Waals surface area contributed by atoms with Crippen LogP contribution in [0.4, 0.5) is 0 Å². The van der Waals surface area contributed by atoms with Crippen molar-refractivity contribution < 1.29 is 9.84 Å². The molecular formula is C6H14O2. The second-order valence-corrected chi connectivity index (χ2v) is 2.13. The Morgan fingerprint density at radius 3 is 2.12 bits per heavy atom. The summed E-state index contributed by atoms with van der Waals surface area (Å²) in [7, 11) is 1.65. The molecule has 2 unspecified atom stereocenters. The van der Waals surface area contributed by atoms with Gasteiger partial charge < -0.3 is 9.84 Å². The molecule has 0 radical (unpaired) electrons. The van der Waals surface area contributed by atoms with E-state index in [1.54, 1.807) is 14.0 Å². The predicted octanol–water partition coefficient (Wildman–Crippen LogP) is 0.792. The van der Waals surface area contributed by atoms with Gasteiger partial charge in [0.15, 0.2) is 0 Å². The molecule has 0 rings (SSSR count). The summed E-state index contributed by atoms with van der Waals surface area (Å²) >= 11 is 0. The van der Waals surface area contributed by atoms with E-state index >= 15 is 0 Å². The largest absolute Gasteiger partial charge is 0.393 e. The van der Waals surface area contributed by atoms with Gasteiger partial charge in [0, 0.05) is 7.11 Å². The second kappa shape index (κ2) is 3.87. The van der Waals surface area contributed by atoms with Gasteiger partial charge in [-0.3, -0.25) is 0 Å². The smallest absolute Gasteiger partial charge is 0.0567 e. The van der Waals surface area contributed by atoms with Crippen molar-refractivity contribution in [2.45, 2.75) is 32.5 Å². The van der Waals surface area contributed by atoms with E-state index in [-0.39, 0.29) is 12.2 Å². The molecule has 50 valence electrons. The third-order valence-corrected chi connectivity index (χ3v) is 1.08. The SMILES string of the molecule is COC(C)CC(C)O. The summed E-state index contributed by atoms with van der Waals surface area (Å²) in [5, 5.41) is 8.77. The van der Waals surface area contributed by atoms with Crippen LogP contribution in [0.1, 0.15) is 20.3 Å². The van der Waals surface area contributed by atoms with Crippen molar-refractivity contribution in [1.82, 2.24) is 0 Å². The first-order valence-electron chi connectivity index (χ1n) is 2.87. The molecule has 0 saturated heterocycles. The van der Waals surface area contributed by atoms with E-state index in [9.17, 15) is 0 Å². The molecule has 2 heteroatoms. The van der Waals surface area contributed by atoms with E-state index < -0.39 is 0 Å². The molecule has 0 amide bonds. The Hall–Kier alpha value is -0.0800. The highest BCUT2D eigenvalue weighted by molar-refractivity contribution is 4.53. The maximum absolute atomic E-state index is 8.77. The summed E-state index contributed by atoms with van der Waals surface area (Å²) < 4.78 is 4.90. The van der Waals surface area contributed by atoms with Gasteiger partial charge in [0.1, 0.15) is 0 Å². The van der Waals surface area contributed by atoms with Crippen molar-refractivity contribution in [2.24, 2.45) is 0 Å². The zero-order valence-electron chi connectivity index (χ0n) is 5.72. The fourth-order valence-electron chi connectivity index (χ4n) is 0.577. The lowest BCUT2D eigenvalue weighted by Gasteiger charge is -2.09. The number of methoxy groups -OCH3 is 1. The Morgan fingerprint density at radius 2 is 2.00 bits per heavy atom. The van der Waals surface area contributed by atoms with Gasteiger partial charge in [-0.2, -0.15) is 0 Å². The van der Waals surface area contributed by atoms with Crippen LogP contribution in [-0.2, 0) is 4.74 Å². The molecule has 1 N–H and O–H groups in total. The van der Waals surface area contributed by atoms with Crippen LogP contribution in [0.2, 0.25) is 0 Å². The summed E-state index contributed by atoms with van der Waals surface area (Å²) in [6.45, 7) is 3.70. The van der Waals surface area contributed by atoms with Crippen molar-refractivity contribution in [3.63, 3.8) is 0 Å². The Labute approximate surface area is 50.5 Å². The highest BCUT2D eigenvalue weighted by Crippen LogP contribution is 1.98. The number of aliphatic hydroxyl groups is 1. The molecule has 0 spiro atoms. The molecule has 0 fully saturated rings. The first kappa shape index (κ1) is 7.92. The fourth-order valence-corrected chi connectivity index (χ4v) is 0.577. The van der Waals surface area contributed by atoms with E-state index in [4.69, 9.17) is 9.84 Å². The monoisotopic (exact) mass is 118 g/mol. The fraction of sp³-hybridized carbons (Fsp3) is 1.00. The highest BCUT2D eigenvalue weighted by atomic mass is 16.5. The van der Waals surface area contributed by atoms with E-state index in [1.807, 2.05) is 6.92 Å². The standard InChI is InChI=1S/C6H14O2/c1-5(7)4-6(2)8-3/h5-7H,4H2,1-3H3. The van der Waals surface area contributed by atoms with E-state index in [0.29, 0.717) is 0 Å². The summed E-state index contributed by atoms with van der Waals surface area (Å²) in [4.78, 5) is 0. The van der Waals surface area contributed by atoms with Gasteiger partial charge >= 0.3 is 0 Å². The first-order valence-corrected chi connectivity index (χ1v) is 2.87. The number of hydrogen-bond donors (Lipinski definition) is 1. The number of aliphatic hydroxyl groups excluding tert-OH is 1. The number of ether oxygens (including phenoxy) is 1. The van der Waals surface area contributed by atoms with Crippen LogP contribution in [0.5, 0.6) is 0 Å². The van der Waals surface area contributed by atoms with Gasteiger partial charge in [0.05, 0.1) is 12.2 Å². The quantitative estimate of drug-likeness (QED) is 0.593. The summed E-state index contributed by atoms with van der Waals surface area (Å²) in [6.07, 6.45) is 0.649. The van der Waals surface area contributed by atoms with Crippen LogP contribution in [0.3, 0.4) is 0 Å². The Kier molecular flexibility index (Phi) is 3.83. The lowest BCUT2D eigenvalue weighted by molar-refractivity contribution is 0.0635. The molecule has 0 aromatic rings. The zero-order valence-corrected chi connectivity index (χ0v) is 5.72. The zero-order chi connectivity index (χ0) is 6.57. The Bertz CT molecular complexity index is 52.5. The lowest BCUT2D eigenvalue weighted by atomic mass is 10.2. The van der Waals surface area contributed by atoms with Crippen molar-refractivity contribution >= 4 is 0 Å². The molecule has 0 bridgehead atoms. The van der Waals surface area contributed by atoms with E-state index in [1.165, 1.54) is 0 Å². The van der Waals surface area contributed by atoms with Gasteiger partial charge in [0.25, 0.3) is 0 Å². The molecule has 0 aliphatic heterocycles. The minimum atomic E-state index is -0.245. The average molecular weight is 118 g/mol. The van der Waals surface area contributed by atoms with Gasteiger partial charge in [-0.05, 0) is 20.3 Å². The molecule has 0 heterocycles. The van der Waals surface area contributed by atoms with Gasteiger partial charge in [-0.25, -0.2) is 0 Å². The number of hydrogen-bond acceptors (Lipinski definition) is 2. The second-order valence-electron chi connectivity index (χ2n) is 2.13. The third kappa shape index (κ3) is 4.09. The molecule has 0 aliphatic rings. The molecule has 0 aromatic carbocycles. The van der Waals surface area contributed by atoms with Crippen LogP contribution >= 0.6 is 0 Å². The minimum absolute atomic E-state index is 0.176. The molecule has 8 heavy (non-hydrogen) atoms. The molecule has 0 aromatic heterocycles. The molecular weight excluding hydrogens is 104 g/mol. The molecule has 0 saturated carbocycles. The predicted molar refractivity (Wildman–Crippen MR) is 32.8 cm³/mol. The Morgan fingerprint density at radius 1 is 1.50 bits per heavy atom. The van der Waals surface area contributed by atoms with Gasteiger partial charge in [-0.1, -0.05) is 0 Å². The van der Waals surface area contributed by atoms with Crippen LogP contribution in [0.25, 0.3) is 0 Å². The van der Waals surface area contributed by atoms with Crippen LogP contribution in [0.15, 0.2) is 0 Å². The first-order chi connectivity index (χ1) is 3.66. The van der Waals surface area contributed by atoms with Gasteiger partial charge in [0.2, 0.25) is 0 Å². The molecule has 0 aliphatic carbocycles. The molecule has 2 nitrogen and oxygen atoms in total. The lowest BCUT2D eigenvalue weighted by Crippen LogP contribution is -2.13. The third-order valence-electron chi connectivity index (χ3n) is 1.08. The minimum Gasteiger partial charge on any atom is -0.393 e. The van der Waals surface area contributed by atoms with Crippen molar-refractivity contribution in [2.75, 3.05) is 7.11 Å². The topological polar surface area (TPSA) is 29.5 Å². The van der Waals surface area contributed by atoms with Crippen LogP contribution < -0.4 is 0 Å². The summed E-state index contributed by atoms with van der Waals surface area (Å²) in [5.41, 5.74) is 0. The van der Waals surface area contributed by atoms with E-state index in [2.05, 4.69) is 0 Å².